The molecular weight excluding hydrogens is 364 g/mol. The Morgan fingerprint density at radius 2 is 1.89 bits per heavy atom. The van der Waals surface area contributed by atoms with Gasteiger partial charge in [-0.05, 0) is 26.0 Å². The Hall–Kier alpha value is -3.34. The van der Waals surface area contributed by atoms with Crippen molar-refractivity contribution in [3.8, 4) is 11.4 Å². The number of methoxy groups -OCH3 is 1. The Morgan fingerprint density at radius 1 is 1.14 bits per heavy atom. The molecule has 0 fully saturated rings. The van der Waals surface area contributed by atoms with Crippen LogP contribution in [0.3, 0.4) is 0 Å². The van der Waals surface area contributed by atoms with Crippen LogP contribution in [-0.4, -0.2) is 57.7 Å². The van der Waals surface area contributed by atoms with Crippen LogP contribution in [-0.2, 0) is 4.74 Å². The molecule has 0 bridgehead atoms. The van der Waals surface area contributed by atoms with E-state index in [9.17, 15) is 9.59 Å². The largest absolute Gasteiger partial charge is 0.383 e. The fraction of sp³-hybridized carbons (Fsp3) is 0.412. The van der Waals surface area contributed by atoms with Gasteiger partial charge >= 0.3 is 11.2 Å². The second kappa shape index (κ2) is 8.57. The normalized spacial score (nSPS) is 11.0. The molecule has 4 N–H and O–H groups in total. The maximum absolute atomic E-state index is 12.7. The third-order valence-electron chi connectivity index (χ3n) is 3.98. The highest BCUT2D eigenvalue weighted by Gasteiger charge is 2.17. The molecule has 0 unspecified atom stereocenters. The first-order valence-electron chi connectivity index (χ1n) is 9.05. The number of nitrogens with zero attached hydrogens (tertiary/aromatic N) is 4. The molecule has 0 saturated carbocycles. The van der Waals surface area contributed by atoms with E-state index in [2.05, 4.69) is 31.1 Å². The molecule has 3 rings (SSSR count). The highest BCUT2D eigenvalue weighted by Crippen LogP contribution is 2.18. The van der Waals surface area contributed by atoms with Gasteiger partial charge in [0.25, 0.3) is 0 Å². The standard InChI is InChI=1S/C17H24N8O3/c1-4-20-24-15-13(16(26)25(17(24)27)21-5-2)22-14(23-15)11-6-7-12(19-10-11)18-8-9-28-3/h6-7,10,20-21H,4-5,8-9H2,1-3H3,(H,18,19)(H,22,23). The summed E-state index contributed by atoms with van der Waals surface area (Å²) in [6, 6.07) is 3.64. The van der Waals surface area contributed by atoms with E-state index < -0.39 is 11.2 Å². The van der Waals surface area contributed by atoms with Crippen LogP contribution >= 0.6 is 0 Å². The molecule has 0 radical (unpaired) electrons. The predicted molar refractivity (Wildman–Crippen MR) is 108 cm³/mol. The molecule has 0 aliphatic carbocycles. The lowest BCUT2D eigenvalue weighted by Gasteiger charge is -2.11. The van der Waals surface area contributed by atoms with Gasteiger partial charge in [0.15, 0.2) is 11.2 Å². The summed E-state index contributed by atoms with van der Waals surface area (Å²) in [5.74, 6) is 1.15. The summed E-state index contributed by atoms with van der Waals surface area (Å²) in [5.41, 5.74) is 5.84. The van der Waals surface area contributed by atoms with Gasteiger partial charge in [-0.15, -0.1) is 0 Å². The minimum Gasteiger partial charge on any atom is -0.383 e. The quantitative estimate of drug-likeness (QED) is 0.381. The summed E-state index contributed by atoms with van der Waals surface area (Å²) < 4.78 is 7.22. The van der Waals surface area contributed by atoms with Gasteiger partial charge in [-0.1, -0.05) is 0 Å². The molecule has 0 atom stereocenters. The van der Waals surface area contributed by atoms with Crippen LogP contribution in [0.5, 0.6) is 0 Å². The van der Waals surface area contributed by atoms with E-state index in [4.69, 9.17) is 4.74 Å². The molecule has 0 amide bonds. The number of nitrogens with one attached hydrogen (secondary N) is 4. The molecule has 0 aliphatic heterocycles. The van der Waals surface area contributed by atoms with E-state index in [1.807, 2.05) is 19.1 Å². The smallest absolute Gasteiger partial charge is 0.370 e. The highest BCUT2D eigenvalue weighted by atomic mass is 16.5. The zero-order chi connectivity index (χ0) is 20.1. The van der Waals surface area contributed by atoms with Gasteiger partial charge in [0.2, 0.25) is 0 Å². The molecule has 0 aliphatic rings. The number of pyridine rings is 1. The first-order chi connectivity index (χ1) is 13.6. The van der Waals surface area contributed by atoms with Crippen molar-refractivity contribution in [2.24, 2.45) is 0 Å². The first kappa shape index (κ1) is 19.4. The van der Waals surface area contributed by atoms with Crippen LogP contribution in [0.25, 0.3) is 22.6 Å². The number of ether oxygens (including phenoxy) is 1. The summed E-state index contributed by atoms with van der Waals surface area (Å²) in [7, 11) is 1.64. The molecule has 3 aromatic rings. The van der Waals surface area contributed by atoms with Crippen LogP contribution in [0, 0.1) is 0 Å². The van der Waals surface area contributed by atoms with Crippen molar-refractivity contribution in [3.63, 3.8) is 0 Å². The minimum atomic E-state index is -0.532. The third-order valence-corrected chi connectivity index (χ3v) is 3.98. The number of imidazole rings is 1. The van der Waals surface area contributed by atoms with Gasteiger partial charge in [-0.3, -0.25) is 4.79 Å². The Labute approximate surface area is 160 Å². The molecule has 0 aromatic carbocycles. The number of aromatic nitrogens is 5. The molecular formula is C17H24N8O3. The Balaban J connectivity index is 2.04. The molecule has 28 heavy (non-hydrogen) atoms. The topological polar surface area (TPSA) is 131 Å². The number of hydrogen-bond acceptors (Lipinski definition) is 8. The van der Waals surface area contributed by atoms with Crippen LogP contribution in [0.4, 0.5) is 5.82 Å². The minimum absolute atomic E-state index is 0.221. The van der Waals surface area contributed by atoms with Gasteiger partial charge in [0.1, 0.15) is 11.6 Å². The molecule has 0 spiro atoms. The summed E-state index contributed by atoms with van der Waals surface area (Å²) in [5, 5.41) is 3.13. The van der Waals surface area contributed by atoms with E-state index >= 15 is 0 Å². The van der Waals surface area contributed by atoms with Gasteiger partial charge in [-0.25, -0.2) is 14.8 Å². The lowest BCUT2D eigenvalue weighted by Crippen LogP contribution is -2.47. The Morgan fingerprint density at radius 3 is 2.54 bits per heavy atom. The third kappa shape index (κ3) is 3.69. The lowest BCUT2D eigenvalue weighted by molar-refractivity contribution is 0.210. The van der Waals surface area contributed by atoms with Crippen LogP contribution in [0.1, 0.15) is 13.8 Å². The van der Waals surface area contributed by atoms with E-state index in [0.29, 0.717) is 43.4 Å². The zero-order valence-corrected chi connectivity index (χ0v) is 16.1. The molecule has 3 heterocycles. The number of H-pyrrole nitrogens is 1. The maximum Gasteiger partial charge on any atom is 0.370 e. The number of anilines is 1. The van der Waals surface area contributed by atoms with Crippen molar-refractivity contribution < 1.29 is 4.74 Å². The fourth-order valence-electron chi connectivity index (χ4n) is 2.72. The van der Waals surface area contributed by atoms with Crippen LogP contribution < -0.4 is 27.4 Å². The predicted octanol–water partition coefficient (Wildman–Crippen LogP) is 0.133. The Bertz CT molecular complexity index is 1050. The molecule has 3 aromatic heterocycles. The highest BCUT2D eigenvalue weighted by molar-refractivity contribution is 5.75. The second-order valence-corrected chi connectivity index (χ2v) is 5.92. The van der Waals surface area contributed by atoms with Crippen molar-refractivity contribution in [3.05, 3.63) is 39.2 Å². The van der Waals surface area contributed by atoms with E-state index in [1.54, 1.807) is 20.2 Å². The van der Waals surface area contributed by atoms with Crippen molar-refractivity contribution in [2.75, 3.05) is 49.5 Å². The van der Waals surface area contributed by atoms with Gasteiger partial charge in [0.05, 0.1) is 6.61 Å². The van der Waals surface area contributed by atoms with Gasteiger partial charge < -0.3 is 25.9 Å². The van der Waals surface area contributed by atoms with Gasteiger partial charge in [0, 0.05) is 38.5 Å². The SMILES string of the molecule is CCNn1c(=O)c2[nH]c(-c3ccc(NCCOC)nc3)nc2n(NCC)c1=O. The summed E-state index contributed by atoms with van der Waals surface area (Å²) >= 11 is 0. The van der Waals surface area contributed by atoms with Crippen LogP contribution in [0.15, 0.2) is 27.9 Å². The number of aromatic amines is 1. The number of fused-ring (bicyclic) bond motifs is 1. The van der Waals surface area contributed by atoms with Crippen molar-refractivity contribution >= 4 is 17.0 Å². The molecule has 11 heteroatoms. The first-order valence-corrected chi connectivity index (χ1v) is 9.05. The zero-order valence-electron chi connectivity index (χ0n) is 16.1. The Kier molecular flexibility index (Phi) is 5.94. The van der Waals surface area contributed by atoms with Crippen molar-refractivity contribution in [2.45, 2.75) is 13.8 Å². The van der Waals surface area contributed by atoms with Crippen molar-refractivity contribution in [1.29, 1.82) is 0 Å². The molecule has 11 nitrogen and oxygen atoms in total. The summed E-state index contributed by atoms with van der Waals surface area (Å²) in [6.07, 6.45) is 1.64. The van der Waals surface area contributed by atoms with E-state index in [0.717, 1.165) is 4.68 Å². The molecule has 150 valence electrons. The lowest BCUT2D eigenvalue weighted by atomic mass is 10.2. The average Bonchev–Trinajstić information content (AvgIpc) is 3.15. The second-order valence-electron chi connectivity index (χ2n) is 5.92. The monoisotopic (exact) mass is 388 g/mol. The maximum atomic E-state index is 12.7. The van der Waals surface area contributed by atoms with Crippen LogP contribution in [0.2, 0.25) is 0 Å². The summed E-state index contributed by atoms with van der Waals surface area (Å²) in [6.45, 7) is 5.80. The summed E-state index contributed by atoms with van der Waals surface area (Å²) in [4.78, 5) is 37.1. The van der Waals surface area contributed by atoms with E-state index in [-0.39, 0.29) is 11.2 Å². The van der Waals surface area contributed by atoms with Gasteiger partial charge in [-0.2, -0.15) is 9.35 Å². The van der Waals surface area contributed by atoms with E-state index in [1.165, 1.54) is 4.68 Å². The average molecular weight is 388 g/mol. The number of hydrogen-bond donors (Lipinski definition) is 4. The molecule has 0 saturated heterocycles. The fourth-order valence-corrected chi connectivity index (χ4v) is 2.72. The van der Waals surface area contributed by atoms with Crippen molar-refractivity contribution in [1.82, 2.24) is 24.3 Å². The number of rotatable bonds is 9.